The fraction of sp³-hybridized carbons (Fsp3) is 0.333. The molecule has 0 fully saturated rings. The highest BCUT2D eigenvalue weighted by atomic mass is 16.1. The molecule has 0 atom stereocenters. The van der Waals surface area contributed by atoms with Gasteiger partial charge in [-0.2, -0.15) is 0 Å². The maximum atomic E-state index is 12.1. The third kappa shape index (κ3) is 2.74. The van der Waals surface area contributed by atoms with Crippen molar-refractivity contribution in [3.63, 3.8) is 0 Å². The van der Waals surface area contributed by atoms with Crippen LogP contribution in [0.3, 0.4) is 0 Å². The summed E-state index contributed by atoms with van der Waals surface area (Å²) in [6, 6.07) is 7.34. The van der Waals surface area contributed by atoms with Crippen LogP contribution in [0.5, 0.6) is 0 Å². The van der Waals surface area contributed by atoms with Crippen molar-refractivity contribution in [3.8, 4) is 0 Å². The molecule has 0 saturated carbocycles. The number of hydrogen-bond acceptors (Lipinski definition) is 3. The number of carbonyl (C=O) groups excluding carboxylic acids is 1. The highest BCUT2D eigenvalue weighted by Crippen LogP contribution is 2.15. The van der Waals surface area contributed by atoms with Crippen LogP contribution in [0, 0.1) is 0 Å². The summed E-state index contributed by atoms with van der Waals surface area (Å²) in [4.78, 5) is 26.4. The van der Waals surface area contributed by atoms with Gasteiger partial charge in [0.15, 0.2) is 5.78 Å². The summed E-state index contributed by atoms with van der Waals surface area (Å²) in [7, 11) is 1.78. The van der Waals surface area contributed by atoms with Gasteiger partial charge in [-0.3, -0.25) is 9.59 Å². The molecule has 1 aromatic carbocycles. The highest BCUT2D eigenvalue weighted by Gasteiger charge is 2.24. The summed E-state index contributed by atoms with van der Waals surface area (Å²) < 4.78 is 0. The Kier molecular flexibility index (Phi) is 3.53. The maximum absolute atomic E-state index is 12.1. The smallest absolute Gasteiger partial charge is 0.255 e. The number of ketones is 1. The minimum absolute atomic E-state index is 0.106. The molecule has 0 aliphatic rings. The van der Waals surface area contributed by atoms with Crippen molar-refractivity contribution in [2.24, 2.45) is 0 Å². The Morgan fingerprint density at radius 3 is 2.74 bits per heavy atom. The Morgan fingerprint density at radius 1 is 1.32 bits per heavy atom. The lowest BCUT2D eigenvalue weighted by Crippen LogP contribution is -2.45. The van der Waals surface area contributed by atoms with Crippen molar-refractivity contribution in [2.45, 2.75) is 25.8 Å². The molecule has 4 nitrogen and oxygen atoms in total. The molecule has 0 saturated heterocycles. The summed E-state index contributed by atoms with van der Waals surface area (Å²) in [6.45, 7) is 3.72. The zero-order chi connectivity index (χ0) is 14.0. The molecule has 1 heterocycles. The third-order valence-electron chi connectivity index (χ3n) is 3.52. The molecule has 19 heavy (non-hydrogen) atoms. The average molecular weight is 258 g/mol. The van der Waals surface area contributed by atoms with Crippen LogP contribution in [0.4, 0.5) is 0 Å². The molecule has 0 aliphatic heterocycles. The van der Waals surface area contributed by atoms with Crippen LogP contribution in [-0.2, 0) is 11.2 Å². The van der Waals surface area contributed by atoms with E-state index in [1.807, 2.05) is 32.0 Å². The monoisotopic (exact) mass is 258 g/mol. The van der Waals surface area contributed by atoms with Crippen molar-refractivity contribution < 1.29 is 4.79 Å². The van der Waals surface area contributed by atoms with Gasteiger partial charge >= 0.3 is 0 Å². The van der Waals surface area contributed by atoms with Crippen molar-refractivity contribution >= 4 is 16.6 Å². The molecule has 4 heteroatoms. The average Bonchev–Trinajstić information content (AvgIpc) is 2.38. The zero-order valence-corrected chi connectivity index (χ0v) is 11.4. The number of H-pyrrole nitrogens is 1. The lowest BCUT2D eigenvalue weighted by molar-refractivity contribution is -0.123. The van der Waals surface area contributed by atoms with E-state index in [0.29, 0.717) is 11.8 Å². The molecule has 0 amide bonds. The van der Waals surface area contributed by atoms with Crippen LogP contribution in [-0.4, -0.2) is 23.4 Å². The minimum Gasteiger partial charge on any atom is -0.329 e. The Bertz CT molecular complexity index is 671. The second-order valence-corrected chi connectivity index (χ2v) is 5.20. The number of aromatic amines is 1. The quantitative estimate of drug-likeness (QED) is 0.876. The molecule has 0 unspecified atom stereocenters. The minimum atomic E-state index is -0.539. The number of hydrogen-bond donors (Lipinski definition) is 2. The molecule has 0 spiro atoms. The summed E-state index contributed by atoms with van der Waals surface area (Å²) >= 11 is 0. The Hall–Kier alpha value is -1.94. The van der Waals surface area contributed by atoms with Crippen LogP contribution in [0.25, 0.3) is 10.8 Å². The molecule has 0 aliphatic carbocycles. The van der Waals surface area contributed by atoms with Crippen molar-refractivity contribution in [3.05, 3.63) is 46.4 Å². The van der Waals surface area contributed by atoms with Crippen molar-refractivity contribution in [2.75, 3.05) is 7.05 Å². The van der Waals surface area contributed by atoms with Gasteiger partial charge in [-0.05, 0) is 44.0 Å². The van der Waals surface area contributed by atoms with E-state index in [0.717, 1.165) is 10.9 Å². The number of carbonyl (C=O) groups is 1. The number of likely N-dealkylation sites (N-methyl/N-ethyl adjacent to an activating group) is 1. The molecular formula is C15H18N2O2. The van der Waals surface area contributed by atoms with E-state index in [1.165, 1.54) is 0 Å². The molecule has 100 valence electrons. The predicted molar refractivity (Wildman–Crippen MR) is 76.4 cm³/mol. The van der Waals surface area contributed by atoms with Gasteiger partial charge in [0.1, 0.15) is 0 Å². The lowest BCUT2D eigenvalue weighted by Gasteiger charge is -2.22. The van der Waals surface area contributed by atoms with Gasteiger partial charge < -0.3 is 10.3 Å². The SMILES string of the molecule is CNC(C)(C)C(=O)Cc1ccc2c(=O)[nH]ccc2c1. The van der Waals surface area contributed by atoms with E-state index in [4.69, 9.17) is 0 Å². The first-order valence-corrected chi connectivity index (χ1v) is 6.26. The van der Waals surface area contributed by atoms with Gasteiger partial charge in [0.2, 0.25) is 0 Å². The number of rotatable bonds is 4. The first kappa shape index (κ1) is 13.5. The van der Waals surface area contributed by atoms with Crippen LogP contribution in [0.1, 0.15) is 19.4 Å². The Balaban J connectivity index is 2.33. The molecule has 0 radical (unpaired) electrons. The lowest BCUT2D eigenvalue weighted by atomic mass is 9.93. The number of Topliss-reactive ketones (excluding diaryl/α,β-unsaturated/α-hetero) is 1. The van der Waals surface area contributed by atoms with Crippen LogP contribution in [0.15, 0.2) is 35.3 Å². The number of pyridine rings is 1. The zero-order valence-electron chi connectivity index (χ0n) is 11.4. The standard InChI is InChI=1S/C15H18N2O2/c1-15(2,16-3)13(18)9-10-4-5-12-11(8-10)6-7-17-14(12)19/h4-8,16H,9H2,1-3H3,(H,17,19). The maximum Gasteiger partial charge on any atom is 0.255 e. The fourth-order valence-corrected chi connectivity index (χ4v) is 1.90. The summed E-state index contributed by atoms with van der Waals surface area (Å²) in [5, 5.41) is 4.51. The number of fused-ring (bicyclic) bond motifs is 1. The molecule has 2 rings (SSSR count). The molecular weight excluding hydrogens is 240 g/mol. The third-order valence-corrected chi connectivity index (χ3v) is 3.52. The van der Waals surface area contributed by atoms with Crippen molar-refractivity contribution in [1.29, 1.82) is 0 Å². The van der Waals surface area contributed by atoms with Gasteiger partial charge in [0.25, 0.3) is 5.56 Å². The van der Waals surface area contributed by atoms with Gasteiger partial charge in [0, 0.05) is 18.0 Å². The van der Waals surface area contributed by atoms with Crippen LogP contribution >= 0.6 is 0 Å². The Labute approximate surface area is 111 Å². The van der Waals surface area contributed by atoms with E-state index in [1.54, 1.807) is 19.3 Å². The normalized spacial score (nSPS) is 11.7. The molecule has 2 aromatic rings. The summed E-state index contributed by atoms with van der Waals surface area (Å²) in [6.07, 6.45) is 1.98. The van der Waals surface area contributed by atoms with E-state index in [-0.39, 0.29) is 11.3 Å². The largest absolute Gasteiger partial charge is 0.329 e. The molecule has 1 aromatic heterocycles. The second-order valence-electron chi connectivity index (χ2n) is 5.20. The van der Waals surface area contributed by atoms with E-state index in [9.17, 15) is 9.59 Å². The first-order chi connectivity index (χ1) is 8.94. The number of benzene rings is 1. The predicted octanol–water partition coefficient (Wildman–Crippen LogP) is 1.64. The number of aromatic nitrogens is 1. The van der Waals surface area contributed by atoms with Crippen LogP contribution in [0.2, 0.25) is 0 Å². The van der Waals surface area contributed by atoms with E-state index >= 15 is 0 Å². The van der Waals surface area contributed by atoms with Gasteiger partial charge in [-0.15, -0.1) is 0 Å². The molecule has 2 N–H and O–H groups in total. The van der Waals surface area contributed by atoms with Gasteiger partial charge in [-0.25, -0.2) is 0 Å². The van der Waals surface area contributed by atoms with Gasteiger partial charge in [0.05, 0.1) is 5.54 Å². The fourth-order valence-electron chi connectivity index (χ4n) is 1.90. The summed E-state index contributed by atoms with van der Waals surface area (Å²) in [5.41, 5.74) is 0.278. The topological polar surface area (TPSA) is 62.0 Å². The van der Waals surface area contributed by atoms with E-state index in [2.05, 4.69) is 10.3 Å². The molecule has 0 bridgehead atoms. The number of nitrogens with one attached hydrogen (secondary N) is 2. The van der Waals surface area contributed by atoms with Crippen LogP contribution < -0.4 is 10.9 Å². The van der Waals surface area contributed by atoms with E-state index < -0.39 is 5.54 Å². The summed E-state index contributed by atoms with van der Waals surface area (Å²) in [5.74, 6) is 0.124. The Morgan fingerprint density at radius 2 is 2.05 bits per heavy atom. The second kappa shape index (κ2) is 4.97. The first-order valence-electron chi connectivity index (χ1n) is 6.26. The van der Waals surface area contributed by atoms with Gasteiger partial charge in [-0.1, -0.05) is 12.1 Å². The van der Waals surface area contributed by atoms with Crippen molar-refractivity contribution in [1.82, 2.24) is 10.3 Å². The highest BCUT2D eigenvalue weighted by molar-refractivity contribution is 5.90.